The zero-order chi connectivity index (χ0) is 46.3. The topological polar surface area (TPSA) is 257 Å². The van der Waals surface area contributed by atoms with Gasteiger partial charge in [0.2, 0.25) is 5.78 Å². The molecule has 0 spiro atoms. The monoisotopic (exact) mass is 852 g/mol. The maximum atomic E-state index is 12.9. The summed E-state index contributed by atoms with van der Waals surface area (Å²) in [4.78, 5) is 39.6. The fourth-order valence-electron chi connectivity index (χ4n) is 7.43. The van der Waals surface area contributed by atoms with Crippen LogP contribution in [0.15, 0.2) is 58.1 Å². The average Bonchev–Trinajstić information content (AvgIpc) is 3.38. The van der Waals surface area contributed by atoms with Gasteiger partial charge < -0.3 is 56.0 Å². The lowest BCUT2D eigenvalue weighted by Gasteiger charge is -2.30. The molecule has 1 saturated heterocycles. The number of nitrogens with zero attached hydrogens (tertiary/aromatic N) is 1. The predicted octanol–water partition coefficient (Wildman–Crippen LogP) is 3.72. The molecular formula is C46H77NO13. The maximum absolute atomic E-state index is 12.9. The lowest BCUT2D eigenvalue weighted by atomic mass is 9.83. The Morgan fingerprint density at radius 1 is 0.700 bits per heavy atom. The van der Waals surface area contributed by atoms with Crippen molar-refractivity contribution in [2.24, 2.45) is 29.6 Å². The van der Waals surface area contributed by atoms with E-state index in [4.69, 9.17) is 0 Å². The molecule has 0 aromatic rings. The van der Waals surface area contributed by atoms with Crippen molar-refractivity contribution in [1.29, 1.82) is 0 Å². The van der Waals surface area contributed by atoms with Crippen LogP contribution in [-0.4, -0.2) is 135 Å². The van der Waals surface area contributed by atoms with Crippen LogP contribution in [0.5, 0.6) is 0 Å². The Hall–Kier alpha value is -3.05. The summed E-state index contributed by atoms with van der Waals surface area (Å²) < 4.78 is 0. The summed E-state index contributed by atoms with van der Waals surface area (Å²) in [5, 5.41) is 105. The fourth-order valence-corrected chi connectivity index (χ4v) is 7.43. The largest absolute Gasteiger partial charge is 0.507 e. The maximum Gasteiger partial charge on any atom is 0.265 e. The van der Waals surface area contributed by atoms with Crippen LogP contribution in [0, 0.1) is 29.6 Å². The van der Waals surface area contributed by atoms with Crippen molar-refractivity contribution in [2.45, 2.75) is 176 Å². The van der Waals surface area contributed by atoms with Crippen LogP contribution in [0.1, 0.15) is 121 Å². The molecule has 0 radical (unpaired) electrons. The van der Waals surface area contributed by atoms with Gasteiger partial charge in [0.25, 0.3) is 5.91 Å². The first-order valence-corrected chi connectivity index (χ1v) is 21.4. The number of likely N-dealkylation sites (N-methyl/N-ethyl adjacent to an activating group) is 1. The van der Waals surface area contributed by atoms with Gasteiger partial charge in [-0.2, -0.15) is 0 Å². The first-order valence-electron chi connectivity index (χ1n) is 21.4. The van der Waals surface area contributed by atoms with Gasteiger partial charge in [-0.15, -0.1) is 0 Å². The van der Waals surface area contributed by atoms with E-state index in [9.17, 15) is 65.4 Å². The Labute approximate surface area is 357 Å². The van der Waals surface area contributed by atoms with Gasteiger partial charge >= 0.3 is 0 Å². The molecule has 1 aliphatic rings. The van der Waals surface area contributed by atoms with Gasteiger partial charge in [0, 0.05) is 31.2 Å². The molecule has 1 fully saturated rings. The molecule has 1 aliphatic heterocycles. The Kier molecular flexibility index (Phi) is 23.6. The van der Waals surface area contributed by atoms with Crippen LogP contribution >= 0.6 is 0 Å². The zero-order valence-electron chi connectivity index (χ0n) is 37.7. The van der Waals surface area contributed by atoms with Crippen molar-refractivity contribution in [1.82, 2.24) is 4.90 Å². The number of likely N-dealkylation sites (tertiary alicyclic amines) is 1. The van der Waals surface area contributed by atoms with Crippen LogP contribution in [0.2, 0.25) is 0 Å². The Bertz CT molecular complexity index is 1560. The smallest absolute Gasteiger partial charge is 0.265 e. The molecule has 1 amide bonds. The van der Waals surface area contributed by atoms with Crippen molar-refractivity contribution in [3.63, 3.8) is 0 Å². The molecule has 0 aliphatic carbocycles. The molecule has 0 aromatic heterocycles. The van der Waals surface area contributed by atoms with Crippen molar-refractivity contribution in [3.8, 4) is 0 Å². The van der Waals surface area contributed by atoms with E-state index in [1.807, 2.05) is 20.8 Å². The highest BCUT2D eigenvalue weighted by molar-refractivity contribution is 6.32. The predicted molar refractivity (Wildman–Crippen MR) is 230 cm³/mol. The molecule has 13 unspecified atom stereocenters. The van der Waals surface area contributed by atoms with Crippen LogP contribution in [0.4, 0.5) is 0 Å². The van der Waals surface area contributed by atoms with Gasteiger partial charge in [-0.1, -0.05) is 59.8 Å². The summed E-state index contributed by atoms with van der Waals surface area (Å²) in [5.74, 6) is -3.99. The lowest BCUT2D eigenvalue weighted by molar-refractivity contribution is -0.123. The summed E-state index contributed by atoms with van der Waals surface area (Å²) in [6.07, 6.45) is -1.31. The third kappa shape index (κ3) is 17.0. The number of hydrogen-bond acceptors (Lipinski definition) is 13. The third-order valence-electron chi connectivity index (χ3n) is 11.6. The molecule has 1 rings (SSSR count). The number of hydrogen-bond donors (Lipinski definition) is 10. The van der Waals surface area contributed by atoms with Crippen LogP contribution in [-0.2, 0) is 14.4 Å². The van der Waals surface area contributed by atoms with Crippen LogP contribution in [0.25, 0.3) is 0 Å². The van der Waals surface area contributed by atoms with E-state index in [0.717, 1.165) is 0 Å². The molecule has 0 aromatic carbocycles. The molecule has 14 heteroatoms. The van der Waals surface area contributed by atoms with Gasteiger partial charge in [0.15, 0.2) is 5.78 Å². The number of allylic oxidation sites excluding steroid dienone is 5. The quantitative estimate of drug-likeness (QED) is 0.0258. The van der Waals surface area contributed by atoms with E-state index in [1.54, 1.807) is 39.8 Å². The van der Waals surface area contributed by atoms with Gasteiger partial charge in [0.1, 0.15) is 11.3 Å². The van der Waals surface area contributed by atoms with Crippen molar-refractivity contribution < 1.29 is 65.4 Å². The summed E-state index contributed by atoms with van der Waals surface area (Å²) >= 11 is 0. The molecule has 1 heterocycles. The second-order valence-corrected chi connectivity index (χ2v) is 17.7. The number of carbonyl (C=O) groups excluding carboxylic acids is 3. The standard InChI is InChI=1S/C46H77NO13/c1-24(2)19-35-45(59)40(46(60)47(35)11)44(58)26(4)16-18-34(50)23-33(49)17-15-25(3)42(56)31(9)36(51)13-12-14-37(52)32(10)43(57)28(6)20-27(5)41(55)29(7)21-38(53)39(54)22-30(8)48/h16,19-21,24-25,27,30-34,36-39,42-43,48-54,56-58H,12-15,17-18,22-23H2,1-11H3/b26-16+,28-20+,29-21+,35-19-,44-40-. The van der Waals surface area contributed by atoms with Crippen LogP contribution < -0.4 is 0 Å². The summed E-state index contributed by atoms with van der Waals surface area (Å²) in [7, 11) is 1.47. The number of aliphatic hydroxyl groups is 10. The molecule has 10 N–H and O–H groups in total. The number of amides is 1. The van der Waals surface area contributed by atoms with Crippen molar-refractivity contribution in [2.75, 3.05) is 7.05 Å². The number of Topliss-reactive ketones (excluding diaryl/α,β-unsaturated/α-hetero) is 2. The third-order valence-corrected chi connectivity index (χ3v) is 11.6. The number of ketones is 2. The van der Waals surface area contributed by atoms with E-state index in [2.05, 4.69) is 0 Å². The Balaban J connectivity index is 2.62. The van der Waals surface area contributed by atoms with Gasteiger partial charge in [-0.3, -0.25) is 14.4 Å². The summed E-state index contributed by atoms with van der Waals surface area (Å²) in [5.41, 5.74) is 0.834. The lowest BCUT2D eigenvalue weighted by Crippen LogP contribution is -2.35. The van der Waals surface area contributed by atoms with Crippen molar-refractivity contribution in [3.05, 3.63) is 58.1 Å². The first kappa shape index (κ1) is 55.0. The van der Waals surface area contributed by atoms with E-state index in [-0.39, 0.29) is 78.6 Å². The molecule has 0 bridgehead atoms. The van der Waals surface area contributed by atoms with Crippen molar-refractivity contribution >= 4 is 17.5 Å². The SMILES string of the molecule is C/C(=C\C(O)C(O)CC(C)O)C(=O)C(C)/C=C(\C)C(O)C(C)C(O)CCCC(O)C(C)C(O)C(C)CCC(O)CC(O)C/C=C(C)/C(O)=C1\C(=O)/C(=C/C(C)C)N(C)C1=O. The normalized spacial score (nSPS) is 22.9. The number of rotatable bonds is 26. The van der Waals surface area contributed by atoms with Crippen LogP contribution in [0.3, 0.4) is 0 Å². The molecule has 60 heavy (non-hydrogen) atoms. The van der Waals surface area contributed by atoms with Gasteiger partial charge in [0.05, 0.1) is 60.6 Å². The van der Waals surface area contributed by atoms with Gasteiger partial charge in [-0.25, -0.2) is 0 Å². The van der Waals surface area contributed by atoms with Gasteiger partial charge in [-0.05, 0) is 107 Å². The Morgan fingerprint density at radius 2 is 1.27 bits per heavy atom. The summed E-state index contributed by atoms with van der Waals surface area (Å²) in [6.45, 7) is 16.8. The van der Waals surface area contributed by atoms with E-state index >= 15 is 0 Å². The first-order chi connectivity index (χ1) is 27.7. The molecular weight excluding hydrogens is 774 g/mol. The Morgan fingerprint density at radius 3 is 1.82 bits per heavy atom. The minimum atomic E-state index is -1.33. The van der Waals surface area contributed by atoms with E-state index in [1.165, 1.54) is 44.9 Å². The molecule has 14 nitrogen and oxygen atoms in total. The number of carbonyl (C=O) groups is 3. The highest BCUT2D eigenvalue weighted by Gasteiger charge is 2.39. The zero-order valence-corrected chi connectivity index (χ0v) is 37.7. The highest BCUT2D eigenvalue weighted by atomic mass is 16.3. The molecule has 0 saturated carbocycles. The highest BCUT2D eigenvalue weighted by Crippen LogP contribution is 2.29. The second kappa shape index (κ2) is 25.8. The minimum absolute atomic E-state index is 0.0146. The number of aliphatic hydroxyl groups excluding tert-OH is 10. The minimum Gasteiger partial charge on any atom is -0.507 e. The molecule has 344 valence electrons. The fraction of sp³-hybridized carbons (Fsp3) is 0.717. The van der Waals surface area contributed by atoms with E-state index in [0.29, 0.717) is 18.4 Å². The average molecular weight is 852 g/mol. The second-order valence-electron chi connectivity index (χ2n) is 17.7. The van der Waals surface area contributed by atoms with E-state index < -0.39 is 90.1 Å². The summed E-state index contributed by atoms with van der Waals surface area (Å²) in [6, 6.07) is 0. The molecule has 13 atom stereocenters.